The second-order valence-corrected chi connectivity index (χ2v) is 6.46. The van der Waals surface area contributed by atoms with Gasteiger partial charge in [0.2, 0.25) is 0 Å². The predicted octanol–water partition coefficient (Wildman–Crippen LogP) is 3.68. The van der Waals surface area contributed by atoms with Crippen molar-refractivity contribution in [2.45, 2.75) is 52.4 Å². The van der Waals surface area contributed by atoms with Gasteiger partial charge < -0.3 is 5.32 Å². The summed E-state index contributed by atoms with van der Waals surface area (Å²) < 4.78 is 0. The van der Waals surface area contributed by atoms with Gasteiger partial charge in [-0.2, -0.15) is 0 Å². The Morgan fingerprint density at radius 1 is 1.12 bits per heavy atom. The average Bonchev–Trinajstić information content (AvgIpc) is 2.68. The maximum absolute atomic E-state index is 3.47. The molecule has 0 bridgehead atoms. The standard InChI is InChI=1S/C16H25N/c1-11-8-14(16(3,4)5)9-12(2)15(11)13-6-7-17-10-13/h8-9,13,17H,6-7,10H2,1-5H3. The monoisotopic (exact) mass is 231 g/mol. The first-order valence-corrected chi connectivity index (χ1v) is 6.72. The summed E-state index contributed by atoms with van der Waals surface area (Å²) in [6.45, 7) is 13.7. The van der Waals surface area contributed by atoms with E-state index in [0.29, 0.717) is 0 Å². The fraction of sp³-hybridized carbons (Fsp3) is 0.625. The van der Waals surface area contributed by atoms with Gasteiger partial charge in [0.25, 0.3) is 0 Å². The molecule has 0 spiro atoms. The molecule has 0 radical (unpaired) electrons. The van der Waals surface area contributed by atoms with Crippen LogP contribution in [-0.4, -0.2) is 13.1 Å². The average molecular weight is 231 g/mol. The molecule has 1 atom stereocenters. The summed E-state index contributed by atoms with van der Waals surface area (Å²) in [6, 6.07) is 4.78. The molecule has 1 nitrogen and oxygen atoms in total. The van der Waals surface area contributed by atoms with Gasteiger partial charge in [0, 0.05) is 6.54 Å². The van der Waals surface area contributed by atoms with E-state index in [2.05, 4.69) is 52.1 Å². The second kappa shape index (κ2) is 4.45. The molecule has 0 amide bonds. The van der Waals surface area contributed by atoms with E-state index >= 15 is 0 Å². The summed E-state index contributed by atoms with van der Waals surface area (Å²) in [7, 11) is 0. The van der Waals surface area contributed by atoms with Gasteiger partial charge in [0.15, 0.2) is 0 Å². The molecule has 0 saturated carbocycles. The fourth-order valence-corrected chi connectivity index (χ4v) is 2.95. The van der Waals surface area contributed by atoms with Gasteiger partial charge >= 0.3 is 0 Å². The van der Waals surface area contributed by atoms with Gasteiger partial charge in [-0.3, -0.25) is 0 Å². The molecule has 1 aliphatic rings. The zero-order valence-electron chi connectivity index (χ0n) is 11.9. The minimum Gasteiger partial charge on any atom is -0.316 e. The largest absolute Gasteiger partial charge is 0.316 e. The third-order valence-electron chi connectivity index (χ3n) is 3.93. The van der Waals surface area contributed by atoms with Crippen molar-refractivity contribution in [2.75, 3.05) is 13.1 Å². The van der Waals surface area contributed by atoms with E-state index in [1.807, 2.05) is 0 Å². The zero-order valence-corrected chi connectivity index (χ0v) is 11.9. The molecule has 1 N–H and O–H groups in total. The van der Waals surface area contributed by atoms with Crippen LogP contribution in [0.3, 0.4) is 0 Å². The lowest BCUT2D eigenvalue weighted by atomic mass is 9.81. The topological polar surface area (TPSA) is 12.0 Å². The summed E-state index contributed by atoms with van der Waals surface area (Å²) in [5.41, 5.74) is 6.25. The Bertz CT molecular complexity index is 383. The maximum Gasteiger partial charge on any atom is 0.00208 e. The Morgan fingerprint density at radius 2 is 1.71 bits per heavy atom. The molecular weight excluding hydrogens is 206 g/mol. The van der Waals surface area contributed by atoms with Gasteiger partial charge in [0.05, 0.1) is 0 Å². The second-order valence-electron chi connectivity index (χ2n) is 6.46. The van der Waals surface area contributed by atoms with E-state index in [1.54, 1.807) is 5.56 Å². The fourth-order valence-electron chi connectivity index (χ4n) is 2.95. The van der Waals surface area contributed by atoms with Crippen LogP contribution in [0.15, 0.2) is 12.1 Å². The molecule has 1 aliphatic heterocycles. The van der Waals surface area contributed by atoms with Crippen molar-refractivity contribution in [3.8, 4) is 0 Å². The van der Waals surface area contributed by atoms with Crippen LogP contribution in [0.2, 0.25) is 0 Å². The number of rotatable bonds is 1. The molecule has 1 aromatic carbocycles. The molecule has 1 heteroatoms. The quantitative estimate of drug-likeness (QED) is 0.777. The van der Waals surface area contributed by atoms with E-state index < -0.39 is 0 Å². The molecule has 1 fully saturated rings. The first-order chi connectivity index (χ1) is 7.89. The Kier molecular flexibility index (Phi) is 3.31. The summed E-state index contributed by atoms with van der Waals surface area (Å²) in [4.78, 5) is 0. The van der Waals surface area contributed by atoms with Gasteiger partial charge in [-0.05, 0) is 60.4 Å². The third-order valence-corrected chi connectivity index (χ3v) is 3.93. The normalized spacial score (nSPS) is 20.9. The molecule has 94 valence electrons. The Hall–Kier alpha value is -0.820. The highest BCUT2D eigenvalue weighted by molar-refractivity contribution is 5.43. The SMILES string of the molecule is Cc1cc(C(C)(C)C)cc(C)c1C1CCNC1. The van der Waals surface area contributed by atoms with Crippen molar-refractivity contribution >= 4 is 0 Å². The van der Waals surface area contributed by atoms with Gasteiger partial charge in [-0.25, -0.2) is 0 Å². The molecule has 1 unspecified atom stereocenters. The van der Waals surface area contributed by atoms with Crippen molar-refractivity contribution < 1.29 is 0 Å². The van der Waals surface area contributed by atoms with Crippen LogP contribution in [-0.2, 0) is 5.41 Å². The highest BCUT2D eigenvalue weighted by Crippen LogP contribution is 2.32. The van der Waals surface area contributed by atoms with Crippen LogP contribution in [0.5, 0.6) is 0 Å². The van der Waals surface area contributed by atoms with E-state index in [1.165, 1.54) is 29.7 Å². The minimum absolute atomic E-state index is 0.252. The zero-order chi connectivity index (χ0) is 12.6. The first kappa shape index (κ1) is 12.6. The van der Waals surface area contributed by atoms with E-state index in [4.69, 9.17) is 0 Å². The highest BCUT2D eigenvalue weighted by Gasteiger charge is 2.22. The van der Waals surface area contributed by atoms with E-state index in [-0.39, 0.29) is 5.41 Å². The van der Waals surface area contributed by atoms with Crippen LogP contribution in [0.25, 0.3) is 0 Å². The van der Waals surface area contributed by atoms with Crippen LogP contribution < -0.4 is 5.32 Å². The number of benzene rings is 1. The molecule has 1 aromatic rings. The van der Waals surface area contributed by atoms with Crippen molar-refractivity contribution in [2.24, 2.45) is 0 Å². The minimum atomic E-state index is 0.252. The highest BCUT2D eigenvalue weighted by atomic mass is 14.9. The van der Waals surface area contributed by atoms with Crippen LogP contribution in [0.4, 0.5) is 0 Å². The smallest absolute Gasteiger partial charge is 0.00208 e. The lowest BCUT2D eigenvalue weighted by Gasteiger charge is -2.24. The lowest BCUT2D eigenvalue weighted by molar-refractivity contribution is 0.588. The van der Waals surface area contributed by atoms with Crippen LogP contribution >= 0.6 is 0 Å². The molecule has 17 heavy (non-hydrogen) atoms. The van der Waals surface area contributed by atoms with Crippen LogP contribution in [0.1, 0.15) is 55.4 Å². The van der Waals surface area contributed by atoms with Crippen molar-refractivity contribution in [3.05, 3.63) is 34.4 Å². The van der Waals surface area contributed by atoms with Gasteiger partial charge in [-0.15, -0.1) is 0 Å². The Morgan fingerprint density at radius 3 is 2.12 bits per heavy atom. The summed E-state index contributed by atoms with van der Waals surface area (Å²) in [5, 5.41) is 3.47. The number of nitrogens with one attached hydrogen (secondary N) is 1. The molecule has 1 saturated heterocycles. The first-order valence-electron chi connectivity index (χ1n) is 6.72. The Balaban J connectivity index is 2.42. The van der Waals surface area contributed by atoms with Crippen molar-refractivity contribution in [3.63, 3.8) is 0 Å². The number of hydrogen-bond donors (Lipinski definition) is 1. The molecule has 0 aliphatic carbocycles. The van der Waals surface area contributed by atoms with Crippen molar-refractivity contribution in [1.29, 1.82) is 0 Å². The Labute approximate surface area is 106 Å². The molecule has 2 rings (SSSR count). The predicted molar refractivity (Wildman–Crippen MR) is 74.8 cm³/mol. The summed E-state index contributed by atoms with van der Waals surface area (Å²) in [5.74, 6) is 0.726. The number of aryl methyl sites for hydroxylation is 2. The summed E-state index contributed by atoms with van der Waals surface area (Å²) >= 11 is 0. The van der Waals surface area contributed by atoms with Gasteiger partial charge in [0.1, 0.15) is 0 Å². The molecule has 1 heterocycles. The maximum atomic E-state index is 3.47. The third kappa shape index (κ3) is 2.55. The van der Waals surface area contributed by atoms with Crippen LogP contribution in [0, 0.1) is 13.8 Å². The molecule has 0 aromatic heterocycles. The molecular formula is C16H25N. The lowest BCUT2D eigenvalue weighted by Crippen LogP contribution is -2.14. The summed E-state index contributed by atoms with van der Waals surface area (Å²) in [6.07, 6.45) is 1.29. The van der Waals surface area contributed by atoms with E-state index in [0.717, 1.165) is 12.5 Å². The number of hydrogen-bond acceptors (Lipinski definition) is 1. The van der Waals surface area contributed by atoms with Gasteiger partial charge in [-0.1, -0.05) is 32.9 Å². The van der Waals surface area contributed by atoms with Crippen molar-refractivity contribution in [1.82, 2.24) is 5.32 Å². The van der Waals surface area contributed by atoms with E-state index in [9.17, 15) is 0 Å².